The first kappa shape index (κ1) is 13.9. The molecule has 0 aliphatic carbocycles. The number of piperidine rings is 1. The van der Waals surface area contributed by atoms with Gasteiger partial charge in [-0.1, -0.05) is 6.07 Å². The van der Waals surface area contributed by atoms with Crippen molar-refractivity contribution in [3.8, 4) is 0 Å². The van der Waals surface area contributed by atoms with E-state index < -0.39 is 0 Å². The zero-order valence-corrected chi connectivity index (χ0v) is 11.6. The van der Waals surface area contributed by atoms with E-state index in [1.165, 1.54) is 4.88 Å². The summed E-state index contributed by atoms with van der Waals surface area (Å²) in [4.78, 5) is 26.1. The van der Waals surface area contributed by atoms with Gasteiger partial charge in [0.15, 0.2) is 0 Å². The summed E-state index contributed by atoms with van der Waals surface area (Å²) in [5.41, 5.74) is 5.30. The minimum atomic E-state index is -0.309. The summed E-state index contributed by atoms with van der Waals surface area (Å²) in [5, 5.41) is 4.92. The quantitative estimate of drug-likeness (QED) is 0.870. The summed E-state index contributed by atoms with van der Waals surface area (Å²) in [6.07, 6.45) is 2.47. The largest absolute Gasteiger partial charge is 0.369 e. The Kier molecular flexibility index (Phi) is 4.79. The monoisotopic (exact) mass is 281 g/mol. The molecule has 1 aliphatic heterocycles. The van der Waals surface area contributed by atoms with Crippen LogP contribution in [-0.2, 0) is 11.2 Å². The first-order chi connectivity index (χ1) is 9.16. The SMILES string of the molecule is NC(=O)[C@H]1CCCN(C(=O)NCCc2cccs2)C1. The third kappa shape index (κ3) is 3.96. The fraction of sp³-hybridized carbons (Fsp3) is 0.538. The molecule has 3 amide bonds. The maximum absolute atomic E-state index is 12.0. The van der Waals surface area contributed by atoms with Crippen LogP contribution in [-0.4, -0.2) is 36.5 Å². The number of urea groups is 1. The summed E-state index contributed by atoms with van der Waals surface area (Å²) in [6.45, 7) is 1.77. The van der Waals surface area contributed by atoms with Crippen molar-refractivity contribution in [1.82, 2.24) is 10.2 Å². The van der Waals surface area contributed by atoms with Crippen LogP contribution < -0.4 is 11.1 Å². The van der Waals surface area contributed by atoms with Gasteiger partial charge < -0.3 is 16.0 Å². The van der Waals surface area contributed by atoms with Crippen LogP contribution in [0.1, 0.15) is 17.7 Å². The number of primary amides is 1. The summed E-state index contributed by atoms with van der Waals surface area (Å²) in [5.74, 6) is -0.507. The van der Waals surface area contributed by atoms with E-state index in [0.717, 1.165) is 19.3 Å². The lowest BCUT2D eigenvalue weighted by Crippen LogP contribution is -2.48. The standard InChI is InChI=1S/C13H19N3O2S/c14-12(17)10-3-1-7-16(9-10)13(18)15-6-5-11-4-2-8-19-11/h2,4,8,10H,1,3,5-7,9H2,(H2,14,17)(H,15,18)/t10-/m0/s1. The number of rotatable bonds is 4. The van der Waals surface area contributed by atoms with E-state index in [-0.39, 0.29) is 17.9 Å². The molecule has 19 heavy (non-hydrogen) atoms. The van der Waals surface area contributed by atoms with Crippen molar-refractivity contribution in [2.45, 2.75) is 19.3 Å². The van der Waals surface area contributed by atoms with Crippen molar-refractivity contribution in [3.05, 3.63) is 22.4 Å². The van der Waals surface area contributed by atoms with Gasteiger partial charge in [0.05, 0.1) is 5.92 Å². The molecule has 104 valence electrons. The number of likely N-dealkylation sites (tertiary alicyclic amines) is 1. The van der Waals surface area contributed by atoms with Crippen LogP contribution in [0, 0.1) is 5.92 Å². The van der Waals surface area contributed by atoms with Crippen molar-refractivity contribution in [2.75, 3.05) is 19.6 Å². The summed E-state index contributed by atoms with van der Waals surface area (Å²) in [7, 11) is 0. The number of hydrogen-bond donors (Lipinski definition) is 2. The highest BCUT2D eigenvalue weighted by Gasteiger charge is 2.26. The van der Waals surface area contributed by atoms with Gasteiger partial charge in [0.1, 0.15) is 0 Å². The molecule has 0 saturated carbocycles. The lowest BCUT2D eigenvalue weighted by molar-refractivity contribution is -0.123. The first-order valence-electron chi connectivity index (χ1n) is 6.51. The Morgan fingerprint density at radius 2 is 2.37 bits per heavy atom. The molecule has 0 unspecified atom stereocenters. The molecule has 2 heterocycles. The van der Waals surface area contributed by atoms with E-state index in [1.54, 1.807) is 16.2 Å². The molecular formula is C13H19N3O2S. The Balaban J connectivity index is 1.74. The third-order valence-corrected chi connectivity index (χ3v) is 4.27. The van der Waals surface area contributed by atoms with Gasteiger partial charge in [-0.05, 0) is 30.7 Å². The van der Waals surface area contributed by atoms with Crippen LogP contribution in [0.2, 0.25) is 0 Å². The smallest absolute Gasteiger partial charge is 0.317 e. The number of amides is 3. The van der Waals surface area contributed by atoms with E-state index in [0.29, 0.717) is 19.6 Å². The fourth-order valence-electron chi connectivity index (χ4n) is 2.25. The molecule has 3 N–H and O–H groups in total. The second kappa shape index (κ2) is 6.56. The van der Waals surface area contributed by atoms with Crippen molar-refractivity contribution in [1.29, 1.82) is 0 Å². The predicted molar refractivity (Wildman–Crippen MR) is 74.9 cm³/mol. The van der Waals surface area contributed by atoms with Crippen molar-refractivity contribution < 1.29 is 9.59 Å². The van der Waals surface area contributed by atoms with Gasteiger partial charge in [-0.3, -0.25) is 4.79 Å². The highest BCUT2D eigenvalue weighted by Crippen LogP contribution is 2.16. The molecule has 0 bridgehead atoms. The molecule has 1 atom stereocenters. The second-order valence-electron chi connectivity index (χ2n) is 4.75. The molecule has 5 nitrogen and oxygen atoms in total. The second-order valence-corrected chi connectivity index (χ2v) is 5.78. The van der Waals surface area contributed by atoms with E-state index in [1.807, 2.05) is 11.4 Å². The van der Waals surface area contributed by atoms with E-state index >= 15 is 0 Å². The van der Waals surface area contributed by atoms with Crippen LogP contribution in [0.15, 0.2) is 17.5 Å². The fourth-order valence-corrected chi connectivity index (χ4v) is 2.96. The zero-order valence-electron chi connectivity index (χ0n) is 10.8. The van der Waals surface area contributed by atoms with E-state index in [9.17, 15) is 9.59 Å². The Morgan fingerprint density at radius 3 is 3.05 bits per heavy atom. The highest BCUT2D eigenvalue weighted by atomic mass is 32.1. The summed E-state index contributed by atoms with van der Waals surface area (Å²) in [6, 6.07) is 3.97. The van der Waals surface area contributed by atoms with Gasteiger partial charge in [-0.15, -0.1) is 11.3 Å². The van der Waals surface area contributed by atoms with Crippen LogP contribution >= 0.6 is 11.3 Å². The molecule has 1 saturated heterocycles. The number of nitrogens with two attached hydrogens (primary N) is 1. The Morgan fingerprint density at radius 1 is 1.53 bits per heavy atom. The Hall–Kier alpha value is -1.56. The topological polar surface area (TPSA) is 75.4 Å². The highest BCUT2D eigenvalue weighted by molar-refractivity contribution is 7.09. The number of nitrogens with zero attached hydrogens (tertiary/aromatic N) is 1. The van der Waals surface area contributed by atoms with Crippen LogP contribution in [0.4, 0.5) is 4.79 Å². The molecule has 0 spiro atoms. The summed E-state index contributed by atoms with van der Waals surface area (Å²) < 4.78 is 0. The predicted octanol–water partition coefficient (Wildman–Crippen LogP) is 1.20. The Labute approximate surface area is 116 Å². The van der Waals surface area contributed by atoms with Gasteiger partial charge in [0.25, 0.3) is 0 Å². The third-order valence-electron chi connectivity index (χ3n) is 3.34. The molecule has 1 aromatic rings. The maximum Gasteiger partial charge on any atom is 0.317 e. The average molecular weight is 281 g/mol. The number of hydrogen-bond acceptors (Lipinski definition) is 3. The van der Waals surface area contributed by atoms with Gasteiger partial charge >= 0.3 is 6.03 Å². The molecule has 1 aromatic heterocycles. The Bertz CT molecular complexity index is 433. The van der Waals surface area contributed by atoms with Crippen LogP contribution in [0.25, 0.3) is 0 Å². The lowest BCUT2D eigenvalue weighted by Gasteiger charge is -2.31. The molecule has 0 radical (unpaired) electrons. The van der Waals surface area contributed by atoms with Crippen molar-refractivity contribution >= 4 is 23.3 Å². The number of carbonyl (C=O) groups is 2. The van der Waals surface area contributed by atoms with E-state index in [4.69, 9.17) is 5.73 Å². The molecule has 1 aliphatic rings. The van der Waals surface area contributed by atoms with Gasteiger partial charge in [-0.2, -0.15) is 0 Å². The number of carbonyl (C=O) groups excluding carboxylic acids is 2. The van der Waals surface area contributed by atoms with Gasteiger partial charge in [-0.25, -0.2) is 4.79 Å². The van der Waals surface area contributed by atoms with Crippen LogP contribution in [0.5, 0.6) is 0 Å². The molecule has 6 heteroatoms. The van der Waals surface area contributed by atoms with Crippen molar-refractivity contribution in [3.63, 3.8) is 0 Å². The normalized spacial score (nSPS) is 19.2. The lowest BCUT2D eigenvalue weighted by atomic mass is 9.98. The maximum atomic E-state index is 12.0. The molecular weight excluding hydrogens is 262 g/mol. The zero-order chi connectivity index (χ0) is 13.7. The number of nitrogens with one attached hydrogen (secondary N) is 1. The average Bonchev–Trinajstić information content (AvgIpc) is 2.92. The minimum Gasteiger partial charge on any atom is -0.369 e. The van der Waals surface area contributed by atoms with Crippen molar-refractivity contribution in [2.24, 2.45) is 11.7 Å². The van der Waals surface area contributed by atoms with Gasteiger partial charge in [0.2, 0.25) is 5.91 Å². The number of thiophene rings is 1. The minimum absolute atomic E-state index is 0.0949. The molecule has 2 rings (SSSR count). The molecule has 1 fully saturated rings. The van der Waals surface area contributed by atoms with Gasteiger partial charge in [0, 0.05) is 24.5 Å². The van der Waals surface area contributed by atoms with Crippen LogP contribution in [0.3, 0.4) is 0 Å². The van der Waals surface area contributed by atoms with E-state index in [2.05, 4.69) is 11.4 Å². The first-order valence-corrected chi connectivity index (χ1v) is 7.39. The summed E-state index contributed by atoms with van der Waals surface area (Å²) >= 11 is 1.69. The molecule has 0 aromatic carbocycles.